The fraction of sp³-hybridized carbons (Fsp3) is 0.194. The third-order valence-electron chi connectivity index (χ3n) is 7.41. The van der Waals surface area contributed by atoms with Crippen LogP contribution in [0.15, 0.2) is 106 Å². The number of piperazine rings is 1. The summed E-state index contributed by atoms with van der Waals surface area (Å²) in [6.45, 7) is 3.43. The number of aromatic nitrogens is 3. The molecule has 1 saturated heterocycles. The predicted octanol–water partition coefficient (Wildman–Crippen LogP) is 3.36. The number of pyridine rings is 1. The van der Waals surface area contributed by atoms with E-state index in [0.717, 1.165) is 5.56 Å². The molecular formula is C31H28FN5O5S. The molecule has 0 spiro atoms. The zero-order chi connectivity index (χ0) is 30.0. The van der Waals surface area contributed by atoms with Crippen LogP contribution in [0.3, 0.4) is 0 Å². The van der Waals surface area contributed by atoms with E-state index < -0.39 is 21.4 Å². The van der Waals surface area contributed by atoms with E-state index in [0.29, 0.717) is 54.9 Å². The number of nitrogens with zero attached hydrogens (tertiary/aromatic N) is 4. The molecule has 1 fully saturated rings. The molecule has 1 aliphatic rings. The minimum Gasteiger partial charge on any atom is -0.379 e. The fourth-order valence-corrected chi connectivity index (χ4v) is 6.38. The number of fused-ring (bicyclic) bond motifs is 1. The van der Waals surface area contributed by atoms with Crippen molar-refractivity contribution in [3.8, 4) is 5.75 Å². The molecule has 10 nitrogen and oxygen atoms in total. The second-order valence-electron chi connectivity index (χ2n) is 10.3. The Kier molecular flexibility index (Phi) is 7.78. The number of anilines is 1. The molecule has 0 bridgehead atoms. The van der Waals surface area contributed by atoms with Gasteiger partial charge in [0.15, 0.2) is 0 Å². The van der Waals surface area contributed by atoms with E-state index in [1.54, 1.807) is 48.7 Å². The summed E-state index contributed by atoms with van der Waals surface area (Å²) in [5, 5.41) is 1.19. The lowest BCUT2D eigenvalue weighted by Crippen LogP contribution is -2.48. The number of rotatable bonds is 8. The Balaban J connectivity index is 1.16. The first kappa shape index (κ1) is 28.3. The van der Waals surface area contributed by atoms with Gasteiger partial charge >= 0.3 is 15.8 Å². The largest absolute Gasteiger partial charge is 0.379 e. The molecule has 0 unspecified atom stereocenters. The van der Waals surface area contributed by atoms with Crippen molar-refractivity contribution in [2.45, 2.75) is 18.0 Å². The van der Waals surface area contributed by atoms with Gasteiger partial charge in [0.1, 0.15) is 22.3 Å². The van der Waals surface area contributed by atoms with Crippen molar-refractivity contribution < 1.29 is 17.0 Å². The van der Waals surface area contributed by atoms with Gasteiger partial charge in [-0.25, -0.2) is 9.18 Å². The molecule has 1 N–H and O–H groups in total. The van der Waals surface area contributed by atoms with Crippen molar-refractivity contribution in [3.05, 3.63) is 129 Å². The van der Waals surface area contributed by atoms with Crippen molar-refractivity contribution in [2.24, 2.45) is 0 Å². The quantitative estimate of drug-likeness (QED) is 0.269. The lowest BCUT2D eigenvalue weighted by atomic mass is 10.2. The monoisotopic (exact) mass is 601 g/mol. The summed E-state index contributed by atoms with van der Waals surface area (Å²) in [5.74, 6) is 0.358. The lowest BCUT2D eigenvalue weighted by Gasteiger charge is -2.36. The number of H-pyrrole nitrogens is 1. The van der Waals surface area contributed by atoms with E-state index >= 15 is 0 Å². The molecule has 0 atom stereocenters. The van der Waals surface area contributed by atoms with Gasteiger partial charge in [0, 0.05) is 62.0 Å². The van der Waals surface area contributed by atoms with E-state index in [2.05, 4.69) is 14.9 Å². The molecule has 0 aliphatic carbocycles. The van der Waals surface area contributed by atoms with Crippen molar-refractivity contribution >= 4 is 26.7 Å². The maximum absolute atomic E-state index is 13.3. The minimum atomic E-state index is -4.12. The molecule has 12 heteroatoms. The molecule has 5 aromatic rings. The molecule has 43 heavy (non-hydrogen) atoms. The lowest BCUT2D eigenvalue weighted by molar-refractivity contribution is 0.248. The number of halogens is 1. The maximum Gasteiger partial charge on any atom is 0.339 e. The first-order chi connectivity index (χ1) is 20.7. The van der Waals surface area contributed by atoms with Crippen molar-refractivity contribution in [1.29, 1.82) is 0 Å². The van der Waals surface area contributed by atoms with Crippen LogP contribution in [0.2, 0.25) is 0 Å². The average molecular weight is 602 g/mol. The molecule has 0 radical (unpaired) electrons. The summed E-state index contributed by atoms with van der Waals surface area (Å²) in [5.41, 5.74) is 0.705. The topological polar surface area (TPSA) is 118 Å². The van der Waals surface area contributed by atoms with Crippen LogP contribution in [0.1, 0.15) is 11.1 Å². The SMILES string of the molecule is O=c1cc(N2CCN(Cc3ccc(F)cc3)CC2)n(Cc2ccc(OS(=O)(=O)c3cccc4cnccc34)cc2)c(=O)[nH]1. The number of hydrogen-bond donors (Lipinski definition) is 1. The van der Waals surface area contributed by atoms with Crippen LogP contribution in [-0.4, -0.2) is 54.0 Å². The van der Waals surface area contributed by atoms with Gasteiger partial charge in [-0.3, -0.25) is 24.2 Å². The highest BCUT2D eigenvalue weighted by atomic mass is 32.2. The van der Waals surface area contributed by atoms with Crippen LogP contribution < -0.4 is 20.3 Å². The number of nitrogens with one attached hydrogen (secondary N) is 1. The Bertz CT molecular complexity index is 1980. The van der Waals surface area contributed by atoms with Gasteiger partial charge in [0.25, 0.3) is 5.56 Å². The first-order valence-corrected chi connectivity index (χ1v) is 15.1. The maximum atomic E-state index is 13.3. The van der Waals surface area contributed by atoms with Gasteiger partial charge in [-0.1, -0.05) is 36.4 Å². The summed E-state index contributed by atoms with van der Waals surface area (Å²) in [7, 11) is -4.12. The number of benzene rings is 3. The summed E-state index contributed by atoms with van der Waals surface area (Å²) >= 11 is 0. The second-order valence-corrected chi connectivity index (χ2v) is 11.8. The second kappa shape index (κ2) is 11.8. The Labute approximate surface area is 246 Å². The van der Waals surface area contributed by atoms with Crippen molar-refractivity contribution in [3.63, 3.8) is 0 Å². The normalized spacial score (nSPS) is 14.2. The van der Waals surface area contributed by atoms with Crippen LogP contribution >= 0.6 is 0 Å². The van der Waals surface area contributed by atoms with Gasteiger partial charge in [-0.15, -0.1) is 0 Å². The summed E-state index contributed by atoms with van der Waals surface area (Å²) < 4.78 is 46.3. The fourth-order valence-electron chi connectivity index (χ4n) is 5.22. The van der Waals surface area contributed by atoms with Crippen LogP contribution in [0.5, 0.6) is 5.75 Å². The molecule has 6 rings (SSSR count). The molecule has 2 aromatic heterocycles. The van der Waals surface area contributed by atoms with Gasteiger partial charge in [0.05, 0.1) is 6.54 Å². The zero-order valence-electron chi connectivity index (χ0n) is 23.0. The summed E-state index contributed by atoms with van der Waals surface area (Å²) in [6, 6.07) is 20.8. The van der Waals surface area contributed by atoms with E-state index in [1.807, 2.05) is 4.90 Å². The van der Waals surface area contributed by atoms with E-state index in [9.17, 15) is 22.4 Å². The Morgan fingerprint density at radius 3 is 2.30 bits per heavy atom. The predicted molar refractivity (Wildman–Crippen MR) is 160 cm³/mol. The summed E-state index contributed by atoms with van der Waals surface area (Å²) in [6.07, 6.45) is 3.11. The minimum absolute atomic E-state index is 0.0404. The van der Waals surface area contributed by atoms with E-state index in [-0.39, 0.29) is 23.0 Å². The smallest absolute Gasteiger partial charge is 0.339 e. The third kappa shape index (κ3) is 6.35. The Hall–Kier alpha value is -4.81. The van der Waals surface area contributed by atoms with Crippen molar-refractivity contribution in [2.75, 3.05) is 31.1 Å². The molecule has 0 amide bonds. The Morgan fingerprint density at radius 2 is 1.56 bits per heavy atom. The van der Waals surface area contributed by atoms with Crippen LogP contribution in [-0.2, 0) is 23.2 Å². The van der Waals surface area contributed by atoms with Crippen LogP contribution in [0.4, 0.5) is 10.2 Å². The average Bonchev–Trinajstić information content (AvgIpc) is 3.00. The van der Waals surface area contributed by atoms with Crippen LogP contribution in [0, 0.1) is 5.82 Å². The highest BCUT2D eigenvalue weighted by molar-refractivity contribution is 7.87. The Morgan fingerprint density at radius 1 is 0.860 bits per heavy atom. The number of aromatic amines is 1. The molecule has 1 aliphatic heterocycles. The van der Waals surface area contributed by atoms with E-state index in [4.69, 9.17) is 4.18 Å². The molecule has 0 saturated carbocycles. The first-order valence-electron chi connectivity index (χ1n) is 13.7. The van der Waals surface area contributed by atoms with Crippen molar-refractivity contribution in [1.82, 2.24) is 19.4 Å². The highest BCUT2D eigenvalue weighted by Gasteiger charge is 2.22. The van der Waals surface area contributed by atoms with Gasteiger partial charge in [0.2, 0.25) is 0 Å². The highest BCUT2D eigenvalue weighted by Crippen LogP contribution is 2.26. The molecule has 3 aromatic carbocycles. The summed E-state index contributed by atoms with van der Waals surface area (Å²) in [4.78, 5) is 35.8. The van der Waals surface area contributed by atoms with E-state index in [1.165, 1.54) is 47.2 Å². The number of hydrogen-bond acceptors (Lipinski definition) is 8. The zero-order valence-corrected chi connectivity index (χ0v) is 23.8. The molecular weight excluding hydrogens is 573 g/mol. The van der Waals surface area contributed by atoms with Gasteiger partial charge in [-0.2, -0.15) is 8.42 Å². The molecule has 220 valence electrons. The molecule has 3 heterocycles. The van der Waals surface area contributed by atoms with Crippen LogP contribution in [0.25, 0.3) is 10.8 Å². The third-order valence-corrected chi connectivity index (χ3v) is 8.71. The van der Waals surface area contributed by atoms with Gasteiger partial charge in [-0.05, 0) is 47.5 Å². The standard InChI is InChI=1S/C31H28FN5O5S/c32-25-8-4-22(5-9-25)20-35-14-16-36(17-15-35)30-18-29(38)34-31(39)37(30)21-23-6-10-26(11-7-23)42-43(40,41)28-3-1-2-24-19-33-13-12-27(24)28/h1-13,18-19H,14-17,20-21H2,(H,34,38,39). The van der Waals surface area contributed by atoms with Gasteiger partial charge < -0.3 is 9.08 Å².